The van der Waals surface area contributed by atoms with Gasteiger partial charge in [0.25, 0.3) is 0 Å². The largest absolute Gasteiger partial charge is 0.472 e. The maximum Gasteiger partial charge on any atom is 0.472 e. The van der Waals surface area contributed by atoms with Crippen molar-refractivity contribution < 1.29 is 32.9 Å². The van der Waals surface area contributed by atoms with Crippen LogP contribution in [0, 0.1) is 0 Å². The highest BCUT2D eigenvalue weighted by Gasteiger charge is 2.28. The van der Waals surface area contributed by atoms with Crippen LogP contribution in [0.3, 0.4) is 0 Å². The lowest BCUT2D eigenvalue weighted by molar-refractivity contribution is -0.870. The van der Waals surface area contributed by atoms with Gasteiger partial charge in [0.2, 0.25) is 5.91 Å². The van der Waals surface area contributed by atoms with Crippen LogP contribution in [0.5, 0.6) is 0 Å². The van der Waals surface area contributed by atoms with Crippen molar-refractivity contribution >= 4 is 13.7 Å². The van der Waals surface area contributed by atoms with Crippen molar-refractivity contribution in [3.63, 3.8) is 0 Å². The number of likely N-dealkylation sites (N-methyl/N-ethyl adjacent to an activating group) is 1. The number of aliphatic hydroxyl groups excluding tert-OH is 1. The van der Waals surface area contributed by atoms with Crippen molar-refractivity contribution in [2.75, 3.05) is 40.9 Å². The minimum Gasteiger partial charge on any atom is -0.391 e. The number of amides is 1. The fourth-order valence-corrected chi connectivity index (χ4v) is 11.6. The SMILES string of the molecule is CCCCCCCCCC/C=C\CCCCCCCCCCCCCCCCCCCCCCCC(=O)NC(COP(=O)(O)OCC[N+](C)(C)C)C(O)CCCCCCCCCCCCCCCCCCCCCCCC. The fourth-order valence-electron chi connectivity index (χ4n) is 10.9. The Hall–Kier alpha value is -0.760. The predicted octanol–water partition coefficient (Wildman–Crippen LogP) is 21.7. The minimum atomic E-state index is -4.32. The first-order chi connectivity index (χ1) is 37.5. The van der Waals surface area contributed by atoms with Crippen LogP contribution in [0.15, 0.2) is 12.2 Å². The smallest absolute Gasteiger partial charge is 0.391 e. The molecule has 1 amide bonds. The number of phosphoric acid groups is 1. The van der Waals surface area contributed by atoms with E-state index in [4.69, 9.17) is 9.05 Å². The normalized spacial score (nSPS) is 13.7. The lowest BCUT2D eigenvalue weighted by Crippen LogP contribution is -2.46. The molecule has 460 valence electrons. The van der Waals surface area contributed by atoms with Crippen molar-refractivity contribution in [3.05, 3.63) is 12.2 Å². The molecule has 3 atom stereocenters. The summed E-state index contributed by atoms with van der Waals surface area (Å²) in [6.45, 7) is 4.95. The number of nitrogens with zero attached hydrogens (tertiary/aromatic N) is 1. The summed E-state index contributed by atoms with van der Waals surface area (Å²) in [4.78, 5) is 23.4. The standard InChI is InChI=1S/C68H137N2O6P/c1-6-8-10-12-14-16-18-20-22-24-26-28-30-31-32-33-34-35-36-37-38-39-40-42-44-46-48-50-52-54-56-58-60-62-68(72)69-66(65-76-77(73,74)75-64-63-70(3,4)5)67(71)61-59-57-55-53-51-49-47-45-43-41-29-27-25-23-21-19-17-15-13-11-9-7-2/h24,26,66-67,71H,6-23,25,27-65H2,1-5H3,(H-,69,72,73,74)/p+1/b26-24-. The van der Waals surface area contributed by atoms with Crippen LogP contribution in [0.2, 0.25) is 0 Å². The van der Waals surface area contributed by atoms with Crippen LogP contribution in [-0.4, -0.2) is 73.4 Å². The quantitative estimate of drug-likeness (QED) is 0.0243. The number of unbranched alkanes of at least 4 members (excludes halogenated alkanes) is 50. The summed E-state index contributed by atoms with van der Waals surface area (Å²) in [5.74, 6) is -0.135. The van der Waals surface area contributed by atoms with Crippen LogP contribution in [-0.2, 0) is 18.4 Å². The Balaban J connectivity index is 3.97. The maximum absolute atomic E-state index is 13.1. The lowest BCUT2D eigenvalue weighted by Gasteiger charge is -2.26. The Bertz CT molecular complexity index is 1260. The second-order valence-electron chi connectivity index (χ2n) is 25.3. The van der Waals surface area contributed by atoms with Crippen LogP contribution in [0.4, 0.5) is 0 Å². The Kier molecular flexibility index (Phi) is 59.3. The van der Waals surface area contributed by atoms with Gasteiger partial charge < -0.3 is 19.8 Å². The molecule has 8 nitrogen and oxygen atoms in total. The van der Waals surface area contributed by atoms with Gasteiger partial charge in [0.1, 0.15) is 13.2 Å². The van der Waals surface area contributed by atoms with Crippen LogP contribution in [0.25, 0.3) is 0 Å². The molecule has 0 aromatic heterocycles. The highest BCUT2D eigenvalue weighted by atomic mass is 31.2. The molecule has 0 heterocycles. The van der Waals surface area contributed by atoms with E-state index in [-0.39, 0.29) is 19.1 Å². The topological polar surface area (TPSA) is 105 Å². The molecular formula is C68H138N2O6P+. The third kappa shape index (κ3) is 62.7. The van der Waals surface area contributed by atoms with Crippen molar-refractivity contribution in [1.82, 2.24) is 5.32 Å². The summed E-state index contributed by atoms with van der Waals surface area (Å²) < 4.78 is 23.9. The Morgan fingerprint density at radius 3 is 1.00 bits per heavy atom. The highest BCUT2D eigenvalue weighted by Crippen LogP contribution is 2.43. The first-order valence-corrected chi connectivity index (χ1v) is 36.0. The zero-order valence-electron chi connectivity index (χ0n) is 52.7. The van der Waals surface area contributed by atoms with Crippen LogP contribution < -0.4 is 5.32 Å². The third-order valence-electron chi connectivity index (χ3n) is 16.3. The van der Waals surface area contributed by atoms with E-state index in [1.165, 1.54) is 302 Å². The minimum absolute atomic E-state index is 0.0785. The summed E-state index contributed by atoms with van der Waals surface area (Å²) in [6, 6.07) is -0.758. The third-order valence-corrected chi connectivity index (χ3v) is 17.2. The summed E-state index contributed by atoms with van der Waals surface area (Å²) >= 11 is 0. The summed E-state index contributed by atoms with van der Waals surface area (Å²) in [5, 5.41) is 14.1. The Morgan fingerprint density at radius 2 is 0.701 bits per heavy atom. The van der Waals surface area contributed by atoms with Gasteiger partial charge in [-0.15, -0.1) is 0 Å². The van der Waals surface area contributed by atoms with Crippen molar-refractivity contribution in [2.45, 2.75) is 379 Å². The highest BCUT2D eigenvalue weighted by molar-refractivity contribution is 7.47. The van der Waals surface area contributed by atoms with E-state index in [0.29, 0.717) is 23.9 Å². The van der Waals surface area contributed by atoms with E-state index in [2.05, 4.69) is 31.3 Å². The summed E-state index contributed by atoms with van der Waals surface area (Å²) in [7, 11) is 1.64. The van der Waals surface area contributed by atoms with Crippen LogP contribution >= 0.6 is 7.82 Å². The zero-order chi connectivity index (χ0) is 56.3. The monoisotopic (exact) mass is 1110 g/mol. The molecule has 0 aromatic carbocycles. The molecule has 0 aromatic rings. The van der Waals surface area contributed by atoms with Gasteiger partial charge in [-0.25, -0.2) is 4.57 Å². The van der Waals surface area contributed by atoms with Gasteiger partial charge in [0.15, 0.2) is 0 Å². The summed E-state index contributed by atoms with van der Waals surface area (Å²) in [6.07, 6.45) is 76.0. The van der Waals surface area contributed by atoms with E-state index in [9.17, 15) is 19.4 Å². The number of phosphoric ester groups is 1. The van der Waals surface area contributed by atoms with Gasteiger partial charge in [-0.1, -0.05) is 334 Å². The molecule has 9 heteroatoms. The number of hydrogen-bond donors (Lipinski definition) is 3. The van der Waals surface area contributed by atoms with Crippen molar-refractivity contribution in [1.29, 1.82) is 0 Å². The van der Waals surface area contributed by atoms with Gasteiger partial charge in [-0.2, -0.15) is 0 Å². The van der Waals surface area contributed by atoms with E-state index >= 15 is 0 Å². The summed E-state index contributed by atoms with van der Waals surface area (Å²) in [5.41, 5.74) is 0. The second kappa shape index (κ2) is 59.8. The first kappa shape index (κ1) is 76.2. The molecule has 0 saturated carbocycles. The van der Waals surface area contributed by atoms with Crippen molar-refractivity contribution in [3.8, 4) is 0 Å². The number of hydrogen-bond acceptors (Lipinski definition) is 5. The number of allylic oxidation sites excluding steroid dienone is 2. The second-order valence-corrected chi connectivity index (χ2v) is 26.7. The molecular weight excluding hydrogens is 972 g/mol. The van der Waals surface area contributed by atoms with E-state index in [1.807, 2.05) is 21.1 Å². The fraction of sp³-hybridized carbons (Fsp3) is 0.956. The molecule has 0 saturated heterocycles. The Morgan fingerprint density at radius 1 is 0.429 bits per heavy atom. The number of quaternary nitrogens is 1. The molecule has 0 fully saturated rings. The van der Waals surface area contributed by atoms with Crippen molar-refractivity contribution in [2.24, 2.45) is 0 Å². The van der Waals surface area contributed by atoms with Gasteiger partial charge in [-0.3, -0.25) is 13.8 Å². The number of carbonyl (C=O) groups is 1. The molecule has 0 aliphatic heterocycles. The van der Waals surface area contributed by atoms with E-state index < -0.39 is 20.0 Å². The molecule has 0 radical (unpaired) electrons. The number of aliphatic hydroxyl groups is 1. The van der Waals surface area contributed by atoms with Gasteiger partial charge in [0, 0.05) is 6.42 Å². The lowest BCUT2D eigenvalue weighted by atomic mass is 10.0. The number of carbonyl (C=O) groups excluding carboxylic acids is 1. The average Bonchev–Trinajstić information content (AvgIpc) is 3.39. The molecule has 3 N–H and O–H groups in total. The van der Waals surface area contributed by atoms with E-state index in [0.717, 1.165) is 38.5 Å². The molecule has 0 aliphatic carbocycles. The molecule has 0 aliphatic rings. The van der Waals surface area contributed by atoms with Crippen LogP contribution in [0.1, 0.15) is 367 Å². The molecule has 0 bridgehead atoms. The molecule has 77 heavy (non-hydrogen) atoms. The predicted molar refractivity (Wildman–Crippen MR) is 337 cm³/mol. The average molecular weight is 1110 g/mol. The maximum atomic E-state index is 13.1. The van der Waals surface area contributed by atoms with Gasteiger partial charge in [-0.05, 0) is 38.5 Å². The van der Waals surface area contributed by atoms with E-state index in [1.54, 1.807) is 0 Å². The number of nitrogens with one attached hydrogen (secondary N) is 1. The number of rotatable bonds is 65. The van der Waals surface area contributed by atoms with Gasteiger partial charge >= 0.3 is 7.82 Å². The first-order valence-electron chi connectivity index (χ1n) is 34.6. The molecule has 3 unspecified atom stereocenters. The zero-order valence-corrected chi connectivity index (χ0v) is 53.6. The molecule has 0 spiro atoms. The van der Waals surface area contributed by atoms with Gasteiger partial charge in [0.05, 0.1) is 39.9 Å². The molecule has 0 rings (SSSR count). The Labute approximate surface area is 482 Å².